The first-order valence-corrected chi connectivity index (χ1v) is 9.28. The van der Waals surface area contributed by atoms with E-state index in [4.69, 9.17) is 0 Å². The van der Waals surface area contributed by atoms with Gasteiger partial charge in [0, 0.05) is 6.54 Å². The Kier molecular flexibility index (Phi) is 3.52. The summed E-state index contributed by atoms with van der Waals surface area (Å²) in [5.41, 5.74) is -0.120. The molecule has 118 valence electrons. The third kappa shape index (κ3) is 2.42. The fourth-order valence-corrected chi connectivity index (χ4v) is 5.07. The minimum Gasteiger partial charge on any atom is -0.325 e. The maximum atomic E-state index is 12.9. The molecule has 1 spiro atoms. The number of hydrogen-bond donors (Lipinski definition) is 1. The smallest absolute Gasteiger partial charge is 0.244 e. The van der Waals surface area contributed by atoms with Crippen LogP contribution in [0.3, 0.4) is 0 Å². The average molecular weight is 290 g/mol. The zero-order valence-corrected chi connectivity index (χ0v) is 13.4. The van der Waals surface area contributed by atoms with Crippen LogP contribution in [0.2, 0.25) is 0 Å². The molecule has 0 radical (unpaired) electrons. The Morgan fingerprint density at radius 3 is 2.43 bits per heavy atom. The topological polar surface area (TPSA) is 32.3 Å². The molecule has 0 bridgehead atoms. The number of rotatable bonds is 3. The fourth-order valence-electron chi connectivity index (χ4n) is 5.07. The van der Waals surface area contributed by atoms with Crippen molar-refractivity contribution < 1.29 is 4.79 Å². The van der Waals surface area contributed by atoms with Crippen molar-refractivity contribution in [1.82, 2.24) is 10.2 Å². The van der Waals surface area contributed by atoms with Gasteiger partial charge in [-0.25, -0.2) is 0 Å². The highest BCUT2D eigenvalue weighted by molar-refractivity contribution is 5.91. The van der Waals surface area contributed by atoms with Crippen LogP contribution >= 0.6 is 0 Å². The molecule has 3 nitrogen and oxygen atoms in total. The van der Waals surface area contributed by atoms with Gasteiger partial charge in [0.1, 0.15) is 0 Å². The normalized spacial score (nSPS) is 39.4. The number of hydrogen-bond acceptors (Lipinski definition) is 2. The SMILES string of the molecule is CC1CCCCC1CN1C(=O)C2(CC2)NC1C1CCCC1. The van der Waals surface area contributed by atoms with Gasteiger partial charge >= 0.3 is 0 Å². The van der Waals surface area contributed by atoms with Crippen LogP contribution in [0.15, 0.2) is 0 Å². The number of amides is 1. The Labute approximate surface area is 128 Å². The van der Waals surface area contributed by atoms with E-state index in [1.165, 1.54) is 51.4 Å². The van der Waals surface area contributed by atoms with E-state index in [0.29, 0.717) is 18.0 Å². The Hall–Kier alpha value is -0.570. The van der Waals surface area contributed by atoms with Crippen molar-refractivity contribution in [2.24, 2.45) is 17.8 Å². The number of carbonyl (C=O) groups excluding carboxylic acids is 1. The van der Waals surface area contributed by atoms with Crippen LogP contribution in [-0.2, 0) is 4.79 Å². The van der Waals surface area contributed by atoms with Crippen molar-refractivity contribution >= 4 is 5.91 Å². The van der Waals surface area contributed by atoms with E-state index >= 15 is 0 Å². The molecule has 3 unspecified atom stereocenters. The Morgan fingerprint density at radius 1 is 1.10 bits per heavy atom. The van der Waals surface area contributed by atoms with Crippen molar-refractivity contribution in [1.29, 1.82) is 0 Å². The van der Waals surface area contributed by atoms with Crippen LogP contribution in [-0.4, -0.2) is 29.1 Å². The molecule has 3 atom stereocenters. The van der Waals surface area contributed by atoms with E-state index in [9.17, 15) is 4.79 Å². The molecule has 0 aromatic rings. The summed E-state index contributed by atoms with van der Waals surface area (Å²) in [6, 6.07) is 0. The van der Waals surface area contributed by atoms with Crippen LogP contribution in [0, 0.1) is 17.8 Å². The Balaban J connectivity index is 1.50. The lowest BCUT2D eigenvalue weighted by atomic mass is 9.80. The molecule has 4 rings (SSSR count). The first-order chi connectivity index (χ1) is 10.2. The minimum atomic E-state index is -0.120. The lowest BCUT2D eigenvalue weighted by molar-refractivity contribution is -0.132. The monoisotopic (exact) mass is 290 g/mol. The van der Waals surface area contributed by atoms with Crippen molar-refractivity contribution in [3.05, 3.63) is 0 Å². The van der Waals surface area contributed by atoms with Gasteiger partial charge in [-0.2, -0.15) is 0 Å². The van der Waals surface area contributed by atoms with Gasteiger partial charge < -0.3 is 4.90 Å². The summed E-state index contributed by atoms with van der Waals surface area (Å²) in [6.45, 7) is 3.42. The van der Waals surface area contributed by atoms with Crippen LogP contribution in [0.1, 0.15) is 71.1 Å². The van der Waals surface area contributed by atoms with Gasteiger partial charge in [-0.05, 0) is 49.9 Å². The second-order valence-corrected chi connectivity index (χ2v) is 8.20. The van der Waals surface area contributed by atoms with Crippen LogP contribution < -0.4 is 5.32 Å². The Morgan fingerprint density at radius 2 is 1.76 bits per heavy atom. The second-order valence-electron chi connectivity index (χ2n) is 8.20. The number of nitrogens with one attached hydrogen (secondary N) is 1. The van der Waals surface area contributed by atoms with Gasteiger partial charge in [0.05, 0.1) is 11.7 Å². The van der Waals surface area contributed by atoms with Crippen molar-refractivity contribution in [2.45, 2.75) is 82.8 Å². The predicted molar refractivity (Wildman–Crippen MR) is 83.7 cm³/mol. The molecule has 1 heterocycles. The highest BCUT2D eigenvalue weighted by Gasteiger charge is 2.60. The molecule has 1 saturated heterocycles. The van der Waals surface area contributed by atoms with E-state index in [2.05, 4.69) is 17.1 Å². The molecule has 0 aromatic heterocycles. The molecule has 1 N–H and O–H groups in total. The van der Waals surface area contributed by atoms with Gasteiger partial charge in [0.25, 0.3) is 0 Å². The van der Waals surface area contributed by atoms with Gasteiger partial charge in [0.2, 0.25) is 5.91 Å². The largest absolute Gasteiger partial charge is 0.325 e. The maximum Gasteiger partial charge on any atom is 0.244 e. The van der Waals surface area contributed by atoms with E-state index in [1.54, 1.807) is 0 Å². The lowest BCUT2D eigenvalue weighted by Gasteiger charge is -2.36. The third-order valence-corrected chi connectivity index (χ3v) is 6.75. The molecular weight excluding hydrogens is 260 g/mol. The summed E-state index contributed by atoms with van der Waals surface area (Å²) in [5, 5.41) is 3.76. The average Bonchev–Trinajstić information content (AvgIpc) is 2.96. The van der Waals surface area contributed by atoms with Crippen molar-refractivity contribution in [2.75, 3.05) is 6.54 Å². The molecule has 3 saturated carbocycles. The Bertz CT molecular complexity index is 411. The summed E-state index contributed by atoms with van der Waals surface area (Å²) in [4.78, 5) is 15.2. The molecule has 1 aliphatic heterocycles. The molecule has 4 fully saturated rings. The molecule has 1 amide bonds. The maximum absolute atomic E-state index is 12.9. The molecule has 3 heteroatoms. The molecule has 3 aliphatic carbocycles. The molecule has 0 aromatic carbocycles. The summed E-state index contributed by atoms with van der Waals surface area (Å²) >= 11 is 0. The number of carbonyl (C=O) groups is 1. The van der Waals surface area contributed by atoms with Crippen molar-refractivity contribution in [3.8, 4) is 0 Å². The summed E-state index contributed by atoms with van der Waals surface area (Å²) in [6.07, 6.45) is 13.3. The molecular formula is C18H30N2O. The van der Waals surface area contributed by atoms with Gasteiger partial charge in [-0.3, -0.25) is 10.1 Å². The van der Waals surface area contributed by atoms with E-state index in [-0.39, 0.29) is 5.54 Å². The van der Waals surface area contributed by atoms with E-state index in [0.717, 1.165) is 31.2 Å². The highest BCUT2D eigenvalue weighted by atomic mass is 16.2. The second kappa shape index (κ2) is 5.26. The predicted octanol–water partition coefficient (Wildman–Crippen LogP) is 3.29. The molecule has 4 aliphatic rings. The van der Waals surface area contributed by atoms with E-state index < -0.39 is 0 Å². The van der Waals surface area contributed by atoms with Crippen LogP contribution in [0.4, 0.5) is 0 Å². The summed E-state index contributed by atoms with van der Waals surface area (Å²) < 4.78 is 0. The first-order valence-electron chi connectivity index (χ1n) is 9.28. The standard InChI is InChI=1S/C18H30N2O/c1-13-6-2-3-9-15(13)12-20-16(14-7-4-5-8-14)19-18(10-11-18)17(20)21/h13-16,19H,2-12H2,1H3. The van der Waals surface area contributed by atoms with E-state index in [1.807, 2.05) is 0 Å². The quantitative estimate of drug-likeness (QED) is 0.865. The van der Waals surface area contributed by atoms with Crippen LogP contribution in [0.5, 0.6) is 0 Å². The van der Waals surface area contributed by atoms with Crippen LogP contribution in [0.25, 0.3) is 0 Å². The lowest BCUT2D eigenvalue weighted by Crippen LogP contribution is -2.45. The van der Waals surface area contributed by atoms with Gasteiger partial charge in [-0.1, -0.05) is 39.0 Å². The highest BCUT2D eigenvalue weighted by Crippen LogP contribution is 2.46. The summed E-state index contributed by atoms with van der Waals surface area (Å²) in [7, 11) is 0. The van der Waals surface area contributed by atoms with Gasteiger partial charge in [-0.15, -0.1) is 0 Å². The molecule has 21 heavy (non-hydrogen) atoms. The van der Waals surface area contributed by atoms with Gasteiger partial charge in [0.15, 0.2) is 0 Å². The number of nitrogens with zero attached hydrogens (tertiary/aromatic N) is 1. The zero-order valence-electron chi connectivity index (χ0n) is 13.4. The third-order valence-electron chi connectivity index (χ3n) is 6.75. The zero-order chi connectivity index (χ0) is 14.4. The summed E-state index contributed by atoms with van der Waals surface area (Å²) in [5.74, 6) is 2.69. The first kappa shape index (κ1) is 14.0. The van der Waals surface area contributed by atoms with Crippen molar-refractivity contribution in [3.63, 3.8) is 0 Å². The minimum absolute atomic E-state index is 0.120. The fraction of sp³-hybridized carbons (Fsp3) is 0.944.